The van der Waals surface area contributed by atoms with E-state index in [1.165, 1.54) is 24.7 Å². The minimum absolute atomic E-state index is 0.197. The van der Waals surface area contributed by atoms with E-state index in [1.54, 1.807) is 5.57 Å². The lowest BCUT2D eigenvalue weighted by molar-refractivity contribution is -0.110. The van der Waals surface area contributed by atoms with Gasteiger partial charge in [0, 0.05) is 5.92 Å². The Morgan fingerprint density at radius 3 is 2.38 bits per heavy atom. The van der Waals surface area contributed by atoms with Crippen LogP contribution in [0.25, 0.3) is 0 Å². The lowest BCUT2D eigenvalue weighted by Gasteiger charge is -2.35. The van der Waals surface area contributed by atoms with Crippen molar-refractivity contribution in [2.24, 2.45) is 22.7 Å². The van der Waals surface area contributed by atoms with E-state index in [1.807, 2.05) is 0 Å². The van der Waals surface area contributed by atoms with Gasteiger partial charge in [0.1, 0.15) is 6.29 Å². The Morgan fingerprint density at radius 1 is 1.19 bits per heavy atom. The number of aldehydes is 1. The van der Waals surface area contributed by atoms with Gasteiger partial charge in [0.2, 0.25) is 0 Å². The van der Waals surface area contributed by atoms with Crippen LogP contribution in [-0.4, -0.2) is 6.29 Å². The van der Waals surface area contributed by atoms with Crippen molar-refractivity contribution >= 4 is 6.29 Å². The average Bonchev–Trinajstić information content (AvgIpc) is 2.38. The highest BCUT2D eigenvalue weighted by molar-refractivity contribution is 5.62. The SMILES string of the molecule is CC1C(C)(C)C2=C([C@@H](C=O)CCC2)C1(C)C. The van der Waals surface area contributed by atoms with E-state index >= 15 is 0 Å². The van der Waals surface area contributed by atoms with Crippen LogP contribution in [0.1, 0.15) is 53.9 Å². The van der Waals surface area contributed by atoms with Gasteiger partial charge in [-0.15, -0.1) is 0 Å². The van der Waals surface area contributed by atoms with Gasteiger partial charge in [0.05, 0.1) is 0 Å². The first-order valence-corrected chi connectivity index (χ1v) is 6.52. The van der Waals surface area contributed by atoms with E-state index < -0.39 is 0 Å². The first-order chi connectivity index (χ1) is 7.33. The third-order valence-corrected chi connectivity index (χ3v) is 5.44. The van der Waals surface area contributed by atoms with Crippen molar-refractivity contribution in [3.05, 3.63) is 11.1 Å². The van der Waals surface area contributed by atoms with Crippen LogP contribution in [0.3, 0.4) is 0 Å². The Hall–Kier alpha value is -0.590. The summed E-state index contributed by atoms with van der Waals surface area (Å²) in [7, 11) is 0. The van der Waals surface area contributed by atoms with Crippen LogP contribution in [0.2, 0.25) is 0 Å². The minimum atomic E-state index is 0.197. The number of hydrogen-bond donors (Lipinski definition) is 0. The van der Waals surface area contributed by atoms with E-state index in [0.29, 0.717) is 5.92 Å². The lowest BCUT2D eigenvalue weighted by atomic mass is 9.69. The van der Waals surface area contributed by atoms with E-state index in [2.05, 4.69) is 34.6 Å². The maximum Gasteiger partial charge on any atom is 0.127 e. The second kappa shape index (κ2) is 3.45. The van der Waals surface area contributed by atoms with Crippen molar-refractivity contribution in [2.75, 3.05) is 0 Å². The predicted octanol–water partition coefficient (Wildman–Crippen LogP) is 3.98. The molecular weight excluding hydrogens is 196 g/mol. The van der Waals surface area contributed by atoms with Gasteiger partial charge in [-0.05, 0) is 36.0 Å². The standard InChI is InChI=1S/C15H24O/c1-10-14(2,3)12-8-6-7-11(9-16)13(12)15(10,4)5/h9-11H,6-8H2,1-5H3/t10?,11-/m1/s1. The molecule has 0 bridgehead atoms. The molecule has 16 heavy (non-hydrogen) atoms. The highest BCUT2D eigenvalue weighted by Gasteiger charge is 2.52. The normalized spacial score (nSPS) is 36.1. The van der Waals surface area contributed by atoms with E-state index in [4.69, 9.17) is 0 Å². The molecule has 2 aliphatic carbocycles. The maximum atomic E-state index is 11.3. The van der Waals surface area contributed by atoms with Crippen molar-refractivity contribution < 1.29 is 4.79 Å². The molecule has 0 saturated heterocycles. The Balaban J connectivity index is 2.57. The van der Waals surface area contributed by atoms with Crippen molar-refractivity contribution in [2.45, 2.75) is 53.9 Å². The predicted molar refractivity (Wildman–Crippen MR) is 67.2 cm³/mol. The van der Waals surface area contributed by atoms with Crippen molar-refractivity contribution in [1.29, 1.82) is 0 Å². The van der Waals surface area contributed by atoms with E-state index in [0.717, 1.165) is 6.42 Å². The molecule has 0 N–H and O–H groups in total. The number of hydrogen-bond acceptors (Lipinski definition) is 1. The van der Waals surface area contributed by atoms with Gasteiger partial charge in [-0.2, -0.15) is 0 Å². The van der Waals surface area contributed by atoms with Crippen molar-refractivity contribution in [3.63, 3.8) is 0 Å². The fourth-order valence-electron chi connectivity index (χ4n) is 4.07. The van der Waals surface area contributed by atoms with Crippen molar-refractivity contribution in [1.82, 2.24) is 0 Å². The number of rotatable bonds is 1. The van der Waals surface area contributed by atoms with Crippen LogP contribution in [0.5, 0.6) is 0 Å². The molecule has 0 amide bonds. The van der Waals surface area contributed by atoms with Gasteiger partial charge < -0.3 is 4.79 Å². The summed E-state index contributed by atoms with van der Waals surface area (Å²) >= 11 is 0. The molecule has 1 unspecified atom stereocenters. The molecule has 1 nitrogen and oxygen atoms in total. The molecule has 0 heterocycles. The zero-order valence-electron chi connectivity index (χ0n) is 11.3. The molecule has 1 heteroatoms. The molecule has 0 aromatic heterocycles. The van der Waals surface area contributed by atoms with Crippen LogP contribution in [0.4, 0.5) is 0 Å². The first kappa shape index (κ1) is 11.9. The molecule has 0 fully saturated rings. The third-order valence-electron chi connectivity index (χ3n) is 5.44. The Morgan fingerprint density at radius 2 is 1.81 bits per heavy atom. The van der Waals surface area contributed by atoms with Crippen LogP contribution < -0.4 is 0 Å². The highest BCUT2D eigenvalue weighted by atomic mass is 16.1. The van der Waals surface area contributed by atoms with E-state index in [9.17, 15) is 4.79 Å². The third kappa shape index (κ3) is 1.33. The fourth-order valence-corrected chi connectivity index (χ4v) is 4.07. The molecule has 0 aliphatic heterocycles. The average molecular weight is 220 g/mol. The van der Waals surface area contributed by atoms with Gasteiger partial charge in [-0.25, -0.2) is 0 Å². The zero-order valence-corrected chi connectivity index (χ0v) is 11.3. The van der Waals surface area contributed by atoms with Gasteiger partial charge >= 0.3 is 0 Å². The second-order valence-electron chi connectivity index (χ2n) is 6.69. The molecule has 0 aromatic carbocycles. The van der Waals surface area contributed by atoms with Crippen molar-refractivity contribution in [3.8, 4) is 0 Å². The van der Waals surface area contributed by atoms with Crippen LogP contribution in [-0.2, 0) is 4.79 Å². The van der Waals surface area contributed by atoms with Gasteiger partial charge in [-0.3, -0.25) is 0 Å². The summed E-state index contributed by atoms with van der Waals surface area (Å²) in [4.78, 5) is 11.3. The summed E-state index contributed by atoms with van der Waals surface area (Å²) in [6.45, 7) is 11.7. The van der Waals surface area contributed by atoms with E-state index in [-0.39, 0.29) is 16.7 Å². The molecule has 0 spiro atoms. The summed E-state index contributed by atoms with van der Waals surface area (Å²) in [6, 6.07) is 0. The Bertz CT molecular complexity index is 346. The first-order valence-electron chi connectivity index (χ1n) is 6.52. The van der Waals surface area contributed by atoms with Crippen LogP contribution in [0.15, 0.2) is 11.1 Å². The molecule has 2 atom stereocenters. The monoisotopic (exact) mass is 220 g/mol. The second-order valence-corrected chi connectivity index (χ2v) is 6.69. The summed E-state index contributed by atoms with van der Waals surface area (Å²) in [5.41, 5.74) is 3.55. The molecule has 0 radical (unpaired) electrons. The molecule has 2 rings (SSSR count). The molecular formula is C15H24O. The Labute approximate surface area is 99.3 Å². The number of carbonyl (C=O) groups is 1. The quantitative estimate of drug-likeness (QED) is 0.482. The van der Waals surface area contributed by atoms with Gasteiger partial charge in [-0.1, -0.05) is 45.8 Å². The smallest absolute Gasteiger partial charge is 0.127 e. The fraction of sp³-hybridized carbons (Fsp3) is 0.800. The maximum absolute atomic E-state index is 11.3. The topological polar surface area (TPSA) is 17.1 Å². The summed E-state index contributed by atoms with van der Waals surface area (Å²) in [5.74, 6) is 0.827. The van der Waals surface area contributed by atoms with Crippen LogP contribution >= 0.6 is 0 Å². The number of allylic oxidation sites excluding steroid dienone is 2. The summed E-state index contributed by atoms with van der Waals surface area (Å²) in [6.07, 6.45) is 4.65. The summed E-state index contributed by atoms with van der Waals surface area (Å²) in [5, 5.41) is 0. The largest absolute Gasteiger partial charge is 0.303 e. The lowest BCUT2D eigenvalue weighted by Crippen LogP contribution is -2.29. The minimum Gasteiger partial charge on any atom is -0.303 e. The molecule has 0 saturated carbocycles. The zero-order chi connectivity index (χ0) is 12.1. The Kier molecular flexibility index (Phi) is 2.56. The number of carbonyl (C=O) groups excluding carboxylic acids is 1. The highest BCUT2D eigenvalue weighted by Crippen LogP contribution is 2.61. The van der Waals surface area contributed by atoms with Crippen LogP contribution in [0, 0.1) is 22.7 Å². The van der Waals surface area contributed by atoms with Gasteiger partial charge in [0.15, 0.2) is 0 Å². The summed E-state index contributed by atoms with van der Waals surface area (Å²) < 4.78 is 0. The molecule has 0 aromatic rings. The van der Waals surface area contributed by atoms with Gasteiger partial charge in [0.25, 0.3) is 0 Å². The molecule has 2 aliphatic rings. The molecule has 90 valence electrons.